The third-order valence-electron chi connectivity index (χ3n) is 4.99. The van der Waals surface area contributed by atoms with E-state index in [4.69, 9.17) is 27.9 Å². The first-order valence-corrected chi connectivity index (χ1v) is 11.9. The van der Waals surface area contributed by atoms with Crippen molar-refractivity contribution in [2.24, 2.45) is 5.92 Å². The second-order valence-corrected chi connectivity index (χ2v) is 9.78. The van der Waals surface area contributed by atoms with E-state index in [2.05, 4.69) is 5.32 Å². The Balaban J connectivity index is 1.48. The van der Waals surface area contributed by atoms with E-state index in [1.54, 1.807) is 6.07 Å². The van der Waals surface area contributed by atoms with Crippen molar-refractivity contribution in [2.75, 3.05) is 19.6 Å². The van der Waals surface area contributed by atoms with Crippen LogP contribution in [0.15, 0.2) is 53.4 Å². The predicted molar refractivity (Wildman–Crippen MR) is 117 cm³/mol. The summed E-state index contributed by atoms with van der Waals surface area (Å²) in [5, 5.41) is 2.68. The van der Waals surface area contributed by atoms with Crippen LogP contribution in [0.25, 0.3) is 0 Å². The van der Waals surface area contributed by atoms with Crippen LogP contribution in [0.3, 0.4) is 0 Å². The number of benzene rings is 2. The molecule has 1 heterocycles. The van der Waals surface area contributed by atoms with E-state index in [-0.39, 0.29) is 47.1 Å². The molecule has 3 rings (SSSR count). The number of amides is 1. The van der Waals surface area contributed by atoms with Crippen molar-refractivity contribution in [3.05, 3.63) is 64.1 Å². The second kappa shape index (κ2) is 10.5. The van der Waals surface area contributed by atoms with Gasteiger partial charge in [-0.15, -0.1) is 0 Å². The molecule has 1 aliphatic heterocycles. The fourth-order valence-electron chi connectivity index (χ4n) is 3.31. The molecule has 0 atom stereocenters. The molecule has 0 bridgehead atoms. The van der Waals surface area contributed by atoms with Crippen molar-refractivity contribution >= 4 is 45.1 Å². The molecule has 1 saturated heterocycles. The van der Waals surface area contributed by atoms with Crippen LogP contribution in [0.5, 0.6) is 0 Å². The highest BCUT2D eigenvalue weighted by molar-refractivity contribution is 7.89. The van der Waals surface area contributed by atoms with E-state index in [0.29, 0.717) is 12.8 Å². The van der Waals surface area contributed by atoms with Crippen molar-refractivity contribution in [1.29, 1.82) is 0 Å². The van der Waals surface area contributed by atoms with Gasteiger partial charge in [-0.2, -0.15) is 4.31 Å². The Morgan fingerprint density at radius 2 is 1.61 bits per heavy atom. The van der Waals surface area contributed by atoms with Crippen LogP contribution in [0, 0.1) is 5.92 Å². The lowest BCUT2D eigenvalue weighted by Crippen LogP contribution is -2.44. The number of carbonyl (C=O) groups excluding carboxylic acids is 2. The van der Waals surface area contributed by atoms with Gasteiger partial charge in [-0.1, -0.05) is 59.6 Å². The van der Waals surface area contributed by atoms with Crippen molar-refractivity contribution in [3.63, 3.8) is 0 Å². The summed E-state index contributed by atoms with van der Waals surface area (Å²) in [6.07, 6.45) is 0.651. The fraction of sp³-hybridized carbons (Fsp3) is 0.333. The summed E-state index contributed by atoms with van der Waals surface area (Å²) >= 11 is 12.1. The van der Waals surface area contributed by atoms with E-state index in [9.17, 15) is 18.0 Å². The quantitative estimate of drug-likeness (QED) is 0.608. The SMILES string of the molecule is O=C(CNC(=O)C1CCN(S(=O)(=O)c2c(Cl)cccc2Cl)CC1)OCc1ccccc1. The number of sulfonamides is 1. The Labute approximate surface area is 191 Å². The zero-order valence-electron chi connectivity index (χ0n) is 16.6. The molecule has 1 N–H and O–H groups in total. The van der Waals surface area contributed by atoms with E-state index in [0.717, 1.165) is 5.56 Å². The fourth-order valence-corrected chi connectivity index (χ4v) is 5.87. The van der Waals surface area contributed by atoms with Gasteiger partial charge in [0, 0.05) is 19.0 Å². The molecule has 0 saturated carbocycles. The Kier molecular flexibility index (Phi) is 7.94. The monoisotopic (exact) mass is 484 g/mol. The van der Waals surface area contributed by atoms with Crippen molar-refractivity contribution < 1.29 is 22.7 Å². The maximum atomic E-state index is 12.9. The van der Waals surface area contributed by atoms with E-state index in [1.165, 1.54) is 16.4 Å². The van der Waals surface area contributed by atoms with Crippen LogP contribution >= 0.6 is 23.2 Å². The summed E-state index contributed by atoms with van der Waals surface area (Å²) in [5.74, 6) is -1.23. The van der Waals surface area contributed by atoms with Crippen LogP contribution < -0.4 is 5.32 Å². The van der Waals surface area contributed by atoms with Crippen LogP contribution in [0.2, 0.25) is 10.0 Å². The van der Waals surface area contributed by atoms with Gasteiger partial charge in [0.25, 0.3) is 0 Å². The molecule has 2 aromatic rings. The van der Waals surface area contributed by atoms with Gasteiger partial charge in [0.05, 0.1) is 10.0 Å². The maximum Gasteiger partial charge on any atom is 0.325 e. The summed E-state index contributed by atoms with van der Waals surface area (Å²) in [5.41, 5.74) is 0.856. The average Bonchev–Trinajstić information content (AvgIpc) is 2.76. The van der Waals surface area contributed by atoms with Crippen LogP contribution in [0.4, 0.5) is 0 Å². The van der Waals surface area contributed by atoms with Gasteiger partial charge < -0.3 is 10.1 Å². The van der Waals surface area contributed by atoms with Crippen LogP contribution in [0.1, 0.15) is 18.4 Å². The summed E-state index contributed by atoms with van der Waals surface area (Å²) < 4.78 is 32.2. The minimum atomic E-state index is -3.87. The third kappa shape index (κ3) is 5.98. The maximum absolute atomic E-state index is 12.9. The number of halogens is 2. The average molecular weight is 485 g/mol. The first-order chi connectivity index (χ1) is 14.8. The molecule has 7 nitrogen and oxygen atoms in total. The number of piperidine rings is 1. The molecular weight excluding hydrogens is 463 g/mol. The van der Waals surface area contributed by atoms with E-state index < -0.39 is 21.9 Å². The summed E-state index contributed by atoms with van der Waals surface area (Å²) in [6.45, 7) is 0.205. The molecule has 0 aliphatic carbocycles. The Hall–Kier alpha value is -2.13. The van der Waals surface area contributed by atoms with Gasteiger partial charge in [0.2, 0.25) is 15.9 Å². The Morgan fingerprint density at radius 3 is 2.23 bits per heavy atom. The smallest absolute Gasteiger partial charge is 0.325 e. The topological polar surface area (TPSA) is 92.8 Å². The molecule has 0 spiro atoms. The number of esters is 1. The van der Waals surface area contributed by atoms with Crippen LogP contribution in [-0.2, 0) is 31.0 Å². The molecule has 10 heteroatoms. The largest absolute Gasteiger partial charge is 0.460 e. The molecule has 1 amide bonds. The normalized spacial score (nSPS) is 15.4. The van der Waals surface area contributed by atoms with E-state index >= 15 is 0 Å². The number of hydrogen-bond acceptors (Lipinski definition) is 5. The third-order valence-corrected chi connectivity index (χ3v) is 7.85. The van der Waals surface area contributed by atoms with Crippen LogP contribution in [-0.4, -0.2) is 44.2 Å². The lowest BCUT2D eigenvalue weighted by Gasteiger charge is -2.30. The molecular formula is C21H22Cl2N2O5S. The first-order valence-electron chi connectivity index (χ1n) is 9.70. The van der Waals surface area contributed by atoms with Gasteiger partial charge in [-0.05, 0) is 30.5 Å². The van der Waals surface area contributed by atoms with Gasteiger partial charge in [0.15, 0.2) is 0 Å². The van der Waals surface area contributed by atoms with Crippen molar-refractivity contribution in [2.45, 2.75) is 24.3 Å². The Morgan fingerprint density at radius 1 is 1.00 bits per heavy atom. The number of nitrogens with one attached hydrogen (secondary N) is 1. The number of nitrogens with zero attached hydrogens (tertiary/aromatic N) is 1. The summed E-state index contributed by atoms with van der Waals surface area (Å²) in [6, 6.07) is 13.7. The minimum absolute atomic E-state index is 0.0568. The molecule has 2 aromatic carbocycles. The molecule has 1 fully saturated rings. The molecule has 31 heavy (non-hydrogen) atoms. The zero-order chi connectivity index (χ0) is 22.4. The highest BCUT2D eigenvalue weighted by atomic mass is 35.5. The Bertz CT molecular complexity index is 1020. The summed E-state index contributed by atoms with van der Waals surface area (Å²) in [7, 11) is -3.87. The molecule has 0 radical (unpaired) electrons. The standard InChI is InChI=1S/C21H22Cl2N2O5S/c22-17-7-4-8-18(23)20(17)31(28,29)25-11-9-16(10-12-25)21(27)24-13-19(26)30-14-15-5-2-1-3-6-15/h1-8,16H,9-14H2,(H,24,27). The first kappa shape index (κ1) is 23.5. The van der Waals surface area contributed by atoms with Gasteiger partial charge >= 0.3 is 5.97 Å². The molecule has 1 aliphatic rings. The van der Waals surface area contributed by atoms with Gasteiger partial charge in [0.1, 0.15) is 18.0 Å². The summed E-state index contributed by atoms with van der Waals surface area (Å²) in [4.78, 5) is 24.1. The molecule has 0 aromatic heterocycles. The molecule has 0 unspecified atom stereocenters. The molecule has 166 valence electrons. The lowest BCUT2D eigenvalue weighted by molar-refractivity contribution is -0.145. The number of hydrogen-bond donors (Lipinski definition) is 1. The van der Waals surface area contributed by atoms with Gasteiger partial charge in [-0.3, -0.25) is 9.59 Å². The number of ether oxygens (including phenoxy) is 1. The number of rotatable bonds is 7. The van der Waals surface area contributed by atoms with Crippen molar-refractivity contribution in [1.82, 2.24) is 9.62 Å². The highest BCUT2D eigenvalue weighted by Crippen LogP contribution is 2.33. The highest BCUT2D eigenvalue weighted by Gasteiger charge is 2.34. The van der Waals surface area contributed by atoms with Gasteiger partial charge in [-0.25, -0.2) is 8.42 Å². The lowest BCUT2D eigenvalue weighted by atomic mass is 9.97. The number of carbonyl (C=O) groups is 2. The second-order valence-electron chi connectivity index (χ2n) is 7.09. The predicted octanol–water partition coefficient (Wildman–Crippen LogP) is 3.25. The van der Waals surface area contributed by atoms with E-state index in [1.807, 2.05) is 30.3 Å². The van der Waals surface area contributed by atoms with Crippen molar-refractivity contribution in [3.8, 4) is 0 Å². The minimum Gasteiger partial charge on any atom is -0.460 e. The zero-order valence-corrected chi connectivity index (χ0v) is 18.9.